The molecular weight excluding hydrogens is 252 g/mol. The van der Waals surface area contributed by atoms with Gasteiger partial charge in [0, 0.05) is 6.61 Å². The Morgan fingerprint density at radius 3 is 2.30 bits per heavy atom. The highest BCUT2D eigenvalue weighted by molar-refractivity contribution is 5.89. The predicted molar refractivity (Wildman–Crippen MR) is 81.1 cm³/mol. The Labute approximate surface area is 122 Å². The van der Waals surface area contributed by atoms with Crippen LogP contribution >= 0.6 is 0 Å². The van der Waals surface area contributed by atoms with Gasteiger partial charge in [-0.05, 0) is 37.0 Å². The number of ether oxygens (including phenoxy) is 2. The lowest BCUT2D eigenvalue weighted by molar-refractivity contribution is 0.0314. The molecule has 0 bridgehead atoms. The molecule has 1 rings (SSSR count). The second-order valence-electron chi connectivity index (χ2n) is 4.90. The van der Waals surface area contributed by atoms with Crippen molar-refractivity contribution in [3.8, 4) is 0 Å². The molecule has 0 aliphatic heterocycles. The van der Waals surface area contributed by atoms with E-state index in [1.54, 1.807) is 0 Å². The smallest absolute Gasteiger partial charge is 0.338 e. The zero-order chi connectivity index (χ0) is 14.6. The minimum absolute atomic E-state index is 0.272. The molecule has 3 nitrogen and oxygen atoms in total. The molecule has 20 heavy (non-hydrogen) atoms. The van der Waals surface area contributed by atoms with Gasteiger partial charge in [0.15, 0.2) is 0 Å². The lowest BCUT2D eigenvalue weighted by atomic mass is 10.1. The van der Waals surface area contributed by atoms with Crippen LogP contribution in [-0.4, -0.2) is 25.8 Å². The van der Waals surface area contributed by atoms with Crippen LogP contribution < -0.4 is 0 Å². The summed E-state index contributed by atoms with van der Waals surface area (Å²) in [5.74, 6) is -0.272. The average molecular weight is 278 g/mol. The molecule has 0 N–H and O–H groups in total. The minimum atomic E-state index is -0.272. The minimum Gasteiger partial charge on any atom is -0.460 e. The van der Waals surface area contributed by atoms with Gasteiger partial charge in [0.25, 0.3) is 0 Å². The molecule has 0 atom stereocenters. The van der Waals surface area contributed by atoms with Gasteiger partial charge in [0.2, 0.25) is 0 Å². The first kappa shape index (κ1) is 16.7. The third-order valence-electron chi connectivity index (χ3n) is 3.11. The van der Waals surface area contributed by atoms with Gasteiger partial charge in [-0.1, -0.05) is 38.8 Å². The van der Waals surface area contributed by atoms with E-state index < -0.39 is 0 Å². The van der Waals surface area contributed by atoms with Crippen LogP contribution in [0.3, 0.4) is 0 Å². The molecule has 0 unspecified atom stereocenters. The van der Waals surface area contributed by atoms with Crippen molar-refractivity contribution < 1.29 is 14.3 Å². The van der Waals surface area contributed by atoms with Crippen molar-refractivity contribution in [1.82, 2.24) is 0 Å². The summed E-state index contributed by atoms with van der Waals surface area (Å²) in [7, 11) is 0. The van der Waals surface area contributed by atoms with Gasteiger partial charge in [-0.2, -0.15) is 0 Å². The fourth-order valence-electron chi connectivity index (χ4n) is 1.81. The highest BCUT2D eigenvalue weighted by atomic mass is 16.6. The summed E-state index contributed by atoms with van der Waals surface area (Å²) in [6, 6.07) is 7.69. The number of carbonyl (C=O) groups is 1. The largest absolute Gasteiger partial charge is 0.460 e. The van der Waals surface area contributed by atoms with Crippen LogP contribution in [0.5, 0.6) is 0 Å². The first-order valence-electron chi connectivity index (χ1n) is 7.61. The molecule has 0 heterocycles. The van der Waals surface area contributed by atoms with Crippen LogP contribution in [0.25, 0.3) is 0 Å². The molecule has 0 aromatic heterocycles. The van der Waals surface area contributed by atoms with E-state index in [0.29, 0.717) is 18.8 Å². The summed E-state index contributed by atoms with van der Waals surface area (Å²) >= 11 is 0. The number of hydrogen-bond donors (Lipinski definition) is 0. The number of aryl methyl sites for hydroxylation is 1. The monoisotopic (exact) mass is 278 g/mol. The Morgan fingerprint density at radius 2 is 1.65 bits per heavy atom. The Kier molecular flexibility index (Phi) is 8.72. The van der Waals surface area contributed by atoms with E-state index >= 15 is 0 Å². The molecule has 1 aromatic rings. The van der Waals surface area contributed by atoms with Crippen LogP contribution in [0.1, 0.15) is 55.5 Å². The number of hydrogen-bond acceptors (Lipinski definition) is 3. The highest BCUT2D eigenvalue weighted by Crippen LogP contribution is 2.09. The van der Waals surface area contributed by atoms with Crippen LogP contribution in [0.4, 0.5) is 0 Å². The number of benzene rings is 1. The SMILES string of the molecule is CCCCOCCOC(=O)c1ccc(CCCC)cc1. The topological polar surface area (TPSA) is 35.5 Å². The number of rotatable bonds is 10. The second-order valence-corrected chi connectivity index (χ2v) is 4.90. The van der Waals surface area contributed by atoms with E-state index in [4.69, 9.17) is 9.47 Å². The number of unbranched alkanes of at least 4 members (excludes halogenated alkanes) is 2. The maximum atomic E-state index is 11.8. The van der Waals surface area contributed by atoms with E-state index in [-0.39, 0.29) is 5.97 Å². The van der Waals surface area contributed by atoms with Crippen molar-refractivity contribution in [3.63, 3.8) is 0 Å². The van der Waals surface area contributed by atoms with Gasteiger partial charge in [0.05, 0.1) is 12.2 Å². The van der Waals surface area contributed by atoms with Gasteiger partial charge in [-0.25, -0.2) is 4.79 Å². The molecule has 0 spiro atoms. The quantitative estimate of drug-likeness (QED) is 0.479. The summed E-state index contributed by atoms with van der Waals surface area (Å²) in [5.41, 5.74) is 1.88. The first-order valence-corrected chi connectivity index (χ1v) is 7.61. The molecule has 0 saturated heterocycles. The summed E-state index contributed by atoms with van der Waals surface area (Å²) < 4.78 is 10.5. The maximum Gasteiger partial charge on any atom is 0.338 e. The standard InChI is InChI=1S/C17H26O3/c1-3-5-7-15-8-10-16(11-9-15)17(18)20-14-13-19-12-6-4-2/h8-11H,3-7,12-14H2,1-2H3. The molecule has 0 aliphatic rings. The van der Waals surface area contributed by atoms with Crippen molar-refractivity contribution in [2.45, 2.75) is 46.0 Å². The zero-order valence-corrected chi connectivity index (χ0v) is 12.7. The van der Waals surface area contributed by atoms with Crippen molar-refractivity contribution in [3.05, 3.63) is 35.4 Å². The molecule has 1 aromatic carbocycles. The van der Waals surface area contributed by atoms with Crippen LogP contribution in [0.2, 0.25) is 0 Å². The molecule has 0 amide bonds. The molecule has 0 saturated carbocycles. The summed E-state index contributed by atoms with van der Waals surface area (Å²) in [4.78, 5) is 11.8. The van der Waals surface area contributed by atoms with Crippen molar-refractivity contribution in [2.75, 3.05) is 19.8 Å². The van der Waals surface area contributed by atoms with Crippen molar-refractivity contribution in [2.24, 2.45) is 0 Å². The fraction of sp³-hybridized carbons (Fsp3) is 0.588. The van der Waals surface area contributed by atoms with Gasteiger partial charge >= 0.3 is 5.97 Å². The van der Waals surface area contributed by atoms with Crippen molar-refractivity contribution in [1.29, 1.82) is 0 Å². The van der Waals surface area contributed by atoms with E-state index in [0.717, 1.165) is 25.9 Å². The van der Waals surface area contributed by atoms with Gasteiger partial charge in [-0.3, -0.25) is 0 Å². The highest BCUT2D eigenvalue weighted by Gasteiger charge is 2.06. The summed E-state index contributed by atoms with van der Waals surface area (Å²) in [6.45, 7) is 5.82. The maximum absolute atomic E-state index is 11.8. The molecule has 0 radical (unpaired) electrons. The summed E-state index contributed by atoms with van der Waals surface area (Å²) in [5, 5.41) is 0. The Hall–Kier alpha value is -1.35. The lowest BCUT2D eigenvalue weighted by Crippen LogP contribution is -2.11. The second kappa shape index (κ2) is 10.4. The third kappa shape index (κ3) is 6.71. The average Bonchev–Trinajstić information content (AvgIpc) is 2.49. The van der Waals surface area contributed by atoms with Gasteiger partial charge in [0.1, 0.15) is 6.61 Å². The van der Waals surface area contributed by atoms with E-state index in [1.165, 1.54) is 18.4 Å². The van der Waals surface area contributed by atoms with Crippen LogP contribution in [0, 0.1) is 0 Å². The zero-order valence-electron chi connectivity index (χ0n) is 12.7. The Morgan fingerprint density at radius 1 is 0.950 bits per heavy atom. The Bertz CT molecular complexity index is 370. The van der Waals surface area contributed by atoms with E-state index in [1.807, 2.05) is 24.3 Å². The van der Waals surface area contributed by atoms with E-state index in [2.05, 4.69) is 13.8 Å². The molecule has 3 heteroatoms. The van der Waals surface area contributed by atoms with Crippen LogP contribution in [0.15, 0.2) is 24.3 Å². The number of esters is 1. The first-order chi connectivity index (χ1) is 9.77. The summed E-state index contributed by atoms with van der Waals surface area (Å²) in [6.07, 6.45) is 5.59. The third-order valence-corrected chi connectivity index (χ3v) is 3.11. The van der Waals surface area contributed by atoms with Crippen molar-refractivity contribution >= 4 is 5.97 Å². The lowest BCUT2D eigenvalue weighted by Gasteiger charge is -2.06. The molecular formula is C17H26O3. The predicted octanol–water partition coefficient (Wildman–Crippen LogP) is 4.00. The van der Waals surface area contributed by atoms with Crippen LogP contribution in [-0.2, 0) is 15.9 Å². The molecule has 0 fully saturated rings. The molecule has 112 valence electrons. The molecule has 0 aliphatic carbocycles. The van der Waals surface area contributed by atoms with E-state index in [9.17, 15) is 4.79 Å². The van der Waals surface area contributed by atoms with Gasteiger partial charge in [-0.15, -0.1) is 0 Å². The fourth-order valence-corrected chi connectivity index (χ4v) is 1.81. The Balaban J connectivity index is 2.25. The normalized spacial score (nSPS) is 10.5. The number of carbonyl (C=O) groups excluding carboxylic acids is 1. The van der Waals surface area contributed by atoms with Gasteiger partial charge < -0.3 is 9.47 Å².